The molecule has 0 spiro atoms. The molecule has 137 valence electrons. The van der Waals surface area contributed by atoms with Crippen LogP contribution in [0.5, 0.6) is 0 Å². The molecule has 0 saturated carbocycles. The molecule has 2 aromatic rings. The number of benzene rings is 2. The summed E-state index contributed by atoms with van der Waals surface area (Å²) in [6.07, 6.45) is 1.13. The Balaban J connectivity index is 0. The Morgan fingerprint density at radius 1 is 0.800 bits per heavy atom. The van der Waals surface area contributed by atoms with Crippen molar-refractivity contribution in [3.63, 3.8) is 0 Å². The second-order valence-corrected chi connectivity index (χ2v) is 6.62. The van der Waals surface area contributed by atoms with Gasteiger partial charge in [-0.05, 0) is 43.4 Å². The largest absolute Gasteiger partial charge is 0.183 e. The van der Waals surface area contributed by atoms with Gasteiger partial charge in [-0.15, -0.1) is 0 Å². The van der Waals surface area contributed by atoms with Crippen molar-refractivity contribution >= 4 is 0 Å². The number of hydrogen-bond acceptors (Lipinski definition) is 0. The fourth-order valence-corrected chi connectivity index (χ4v) is 3.44. The first-order chi connectivity index (χ1) is 11.3. The summed E-state index contributed by atoms with van der Waals surface area (Å²) >= 11 is 0. The molecule has 0 unspecified atom stereocenters. The van der Waals surface area contributed by atoms with E-state index < -0.39 is 0 Å². The maximum Gasteiger partial charge on any atom is 0 e. The molecule has 0 fully saturated rings. The fraction of sp³-hybridized carbons (Fsp3) is 0.500. The van der Waals surface area contributed by atoms with E-state index in [0.29, 0.717) is 5.92 Å². The summed E-state index contributed by atoms with van der Waals surface area (Å²) in [5.41, 5.74) is 9.95. The minimum absolute atomic E-state index is 0. The summed E-state index contributed by atoms with van der Waals surface area (Å²) < 4.78 is 0. The molecule has 0 aliphatic rings. The standard InChI is InChI=1S/C12H18.C10H13.C2H6.Pr/c1-8(2)12-10(4)6-9(3)7-11(12)5;1-4-10-8(2)6-5-7-9(10)3;1-2;/h6-8H,1-5H3;6-7H,4H2,1-3H3;1-2H3;/q;-1;;. The molecule has 2 rings (SSSR count). The molecular formula is C24H37Pr-. The van der Waals surface area contributed by atoms with Crippen LogP contribution in [-0.4, -0.2) is 0 Å². The molecule has 0 saturated heterocycles. The SMILES string of the molecule is CC.CCc1c(C)c[c-]cc1C.Cc1cc(C)c(C(C)C)c(C)c1.[Pr]. The number of hydrogen-bond donors (Lipinski definition) is 0. The quantitative estimate of drug-likeness (QED) is 0.404. The van der Waals surface area contributed by atoms with Crippen molar-refractivity contribution in [1.29, 1.82) is 0 Å². The molecular weight excluding hydrogens is 429 g/mol. The summed E-state index contributed by atoms with van der Waals surface area (Å²) in [7, 11) is 0. The third-order valence-electron chi connectivity index (χ3n) is 4.22. The van der Waals surface area contributed by atoms with Gasteiger partial charge in [-0.1, -0.05) is 72.6 Å². The predicted octanol–water partition coefficient (Wildman–Crippen LogP) is 7.43. The summed E-state index contributed by atoms with van der Waals surface area (Å²) in [6.45, 7) is 21.5. The minimum Gasteiger partial charge on any atom is -0.183 e. The van der Waals surface area contributed by atoms with Crippen molar-refractivity contribution < 1.29 is 41.3 Å². The molecule has 1 radical (unpaired) electrons. The van der Waals surface area contributed by atoms with Crippen LogP contribution in [0, 0.1) is 82.0 Å². The molecule has 0 aromatic heterocycles. The third kappa shape index (κ3) is 8.83. The van der Waals surface area contributed by atoms with Crippen LogP contribution in [0.4, 0.5) is 0 Å². The molecule has 0 aliphatic carbocycles. The van der Waals surface area contributed by atoms with Crippen molar-refractivity contribution in [3.05, 3.63) is 69.3 Å². The fourth-order valence-electron chi connectivity index (χ4n) is 3.44. The monoisotopic (exact) mass is 466 g/mol. The Kier molecular flexibility index (Phi) is 15.1. The van der Waals surface area contributed by atoms with Crippen LogP contribution in [0.25, 0.3) is 0 Å². The smallest absolute Gasteiger partial charge is 0 e. The predicted molar refractivity (Wildman–Crippen MR) is 110 cm³/mol. The van der Waals surface area contributed by atoms with E-state index in [9.17, 15) is 0 Å². The van der Waals surface area contributed by atoms with Crippen molar-refractivity contribution in [2.45, 2.75) is 81.6 Å². The zero-order valence-electron chi connectivity index (χ0n) is 18.2. The number of rotatable bonds is 2. The number of aryl methyl sites for hydroxylation is 5. The molecule has 0 amide bonds. The minimum atomic E-state index is 0. The molecule has 0 heterocycles. The second kappa shape index (κ2) is 13.9. The van der Waals surface area contributed by atoms with E-state index in [-0.39, 0.29) is 41.3 Å². The van der Waals surface area contributed by atoms with Crippen LogP contribution in [0.1, 0.15) is 79.5 Å². The normalized spacial score (nSPS) is 9.40. The molecule has 0 nitrogen and oxygen atoms in total. The Morgan fingerprint density at radius 2 is 1.20 bits per heavy atom. The van der Waals surface area contributed by atoms with E-state index in [1.807, 2.05) is 26.0 Å². The maximum atomic E-state index is 3.10. The van der Waals surface area contributed by atoms with Gasteiger partial charge < -0.3 is 0 Å². The second-order valence-electron chi connectivity index (χ2n) is 6.62. The summed E-state index contributed by atoms with van der Waals surface area (Å²) in [5, 5.41) is 0. The van der Waals surface area contributed by atoms with Crippen LogP contribution in [-0.2, 0) is 6.42 Å². The van der Waals surface area contributed by atoms with Gasteiger partial charge in [0.25, 0.3) is 0 Å². The molecule has 25 heavy (non-hydrogen) atoms. The van der Waals surface area contributed by atoms with Gasteiger partial charge >= 0.3 is 0 Å². The van der Waals surface area contributed by atoms with Gasteiger partial charge in [0.05, 0.1) is 0 Å². The van der Waals surface area contributed by atoms with E-state index in [4.69, 9.17) is 0 Å². The molecule has 0 bridgehead atoms. The van der Waals surface area contributed by atoms with Crippen molar-refractivity contribution in [2.24, 2.45) is 0 Å². The van der Waals surface area contributed by atoms with Gasteiger partial charge in [0.2, 0.25) is 0 Å². The summed E-state index contributed by atoms with van der Waals surface area (Å²) in [4.78, 5) is 0. The van der Waals surface area contributed by atoms with Crippen LogP contribution in [0.3, 0.4) is 0 Å². The Morgan fingerprint density at radius 3 is 1.48 bits per heavy atom. The van der Waals surface area contributed by atoms with E-state index in [1.165, 1.54) is 38.9 Å². The van der Waals surface area contributed by atoms with Gasteiger partial charge in [0.1, 0.15) is 0 Å². The van der Waals surface area contributed by atoms with Gasteiger partial charge in [0.15, 0.2) is 0 Å². The van der Waals surface area contributed by atoms with Crippen molar-refractivity contribution in [1.82, 2.24) is 0 Å². The van der Waals surface area contributed by atoms with Crippen molar-refractivity contribution in [2.75, 3.05) is 0 Å². The summed E-state index contributed by atoms with van der Waals surface area (Å²) in [5.74, 6) is 0.644. The van der Waals surface area contributed by atoms with Crippen molar-refractivity contribution in [3.8, 4) is 0 Å². The average molecular weight is 466 g/mol. The Bertz CT molecular complexity index is 581. The van der Waals surface area contributed by atoms with Crippen LogP contribution in [0.15, 0.2) is 24.3 Å². The molecule has 0 aliphatic heterocycles. The first kappa shape index (κ1) is 27.0. The van der Waals surface area contributed by atoms with E-state index in [1.54, 1.807) is 0 Å². The van der Waals surface area contributed by atoms with Crippen LogP contribution < -0.4 is 0 Å². The third-order valence-corrected chi connectivity index (χ3v) is 4.22. The average Bonchev–Trinajstić information content (AvgIpc) is 2.48. The molecule has 0 N–H and O–H groups in total. The van der Waals surface area contributed by atoms with Crippen LogP contribution in [0.2, 0.25) is 0 Å². The van der Waals surface area contributed by atoms with Gasteiger partial charge in [-0.2, -0.15) is 34.9 Å². The Labute approximate surface area is 190 Å². The van der Waals surface area contributed by atoms with Gasteiger partial charge in [-0.25, -0.2) is 0 Å². The van der Waals surface area contributed by atoms with E-state index >= 15 is 0 Å². The van der Waals surface area contributed by atoms with Crippen LogP contribution >= 0.6 is 0 Å². The zero-order chi connectivity index (χ0) is 18.9. The zero-order valence-corrected chi connectivity index (χ0v) is 21.9. The van der Waals surface area contributed by atoms with E-state index in [2.05, 4.69) is 73.6 Å². The molecule has 0 atom stereocenters. The Hall–Kier alpha value is -0.196. The first-order valence-corrected chi connectivity index (χ1v) is 9.31. The summed E-state index contributed by atoms with van der Waals surface area (Å²) in [6, 6.07) is 11.7. The molecule has 2 aromatic carbocycles. The van der Waals surface area contributed by atoms with Gasteiger partial charge in [-0.3, -0.25) is 0 Å². The topological polar surface area (TPSA) is 0 Å². The first-order valence-electron chi connectivity index (χ1n) is 9.31. The maximum absolute atomic E-state index is 3.10. The van der Waals surface area contributed by atoms with Gasteiger partial charge in [0, 0.05) is 41.3 Å². The molecule has 1 heteroatoms. The van der Waals surface area contributed by atoms with E-state index in [0.717, 1.165) is 6.42 Å².